The molecule has 0 bridgehead atoms. The number of carbonyl (C=O) groups is 1. The third-order valence-corrected chi connectivity index (χ3v) is 5.56. The van der Waals surface area contributed by atoms with E-state index in [0.717, 1.165) is 50.2 Å². The summed E-state index contributed by atoms with van der Waals surface area (Å²) in [6.07, 6.45) is 3.88. The molecule has 1 amide bonds. The highest BCUT2D eigenvalue weighted by atomic mass is 35.5. The fourth-order valence-electron chi connectivity index (χ4n) is 3.95. The summed E-state index contributed by atoms with van der Waals surface area (Å²) < 4.78 is 7.96. The van der Waals surface area contributed by atoms with Crippen LogP contribution in [0, 0.1) is 6.92 Å². The minimum Gasteiger partial charge on any atom is -0.490 e. The molecule has 0 atom stereocenters. The van der Waals surface area contributed by atoms with E-state index in [0.29, 0.717) is 24.8 Å². The predicted octanol–water partition coefficient (Wildman–Crippen LogP) is 2.62. The van der Waals surface area contributed by atoms with Gasteiger partial charge in [0.05, 0.1) is 11.7 Å². The summed E-state index contributed by atoms with van der Waals surface area (Å²) in [6.45, 7) is 5.32. The van der Waals surface area contributed by atoms with Crippen LogP contribution >= 0.6 is 12.4 Å². The number of halogens is 1. The molecule has 2 aliphatic heterocycles. The Morgan fingerprint density at radius 1 is 1.11 bits per heavy atom. The number of nitrogens with one attached hydrogen (secondary N) is 1. The van der Waals surface area contributed by atoms with E-state index in [4.69, 9.17) is 4.74 Å². The maximum absolute atomic E-state index is 12.9. The Bertz CT molecular complexity index is 768. The van der Waals surface area contributed by atoms with E-state index < -0.39 is 0 Å². The van der Waals surface area contributed by atoms with E-state index >= 15 is 0 Å². The van der Waals surface area contributed by atoms with Gasteiger partial charge in [-0.25, -0.2) is 4.68 Å². The van der Waals surface area contributed by atoms with Crippen molar-refractivity contribution in [2.45, 2.75) is 44.8 Å². The van der Waals surface area contributed by atoms with Crippen LogP contribution in [0.3, 0.4) is 0 Å². The van der Waals surface area contributed by atoms with E-state index in [-0.39, 0.29) is 24.4 Å². The Balaban J connectivity index is 0.00000225. The summed E-state index contributed by atoms with van der Waals surface area (Å²) in [5, 5.41) is 11.9. The molecule has 2 saturated heterocycles. The lowest BCUT2D eigenvalue weighted by Gasteiger charge is -2.32. The number of ether oxygens (including phenoxy) is 1. The number of para-hydroxylation sites is 1. The number of amides is 1. The summed E-state index contributed by atoms with van der Waals surface area (Å²) in [5.41, 5.74) is 1.38. The van der Waals surface area contributed by atoms with E-state index in [1.54, 1.807) is 0 Å². The van der Waals surface area contributed by atoms with Crippen LogP contribution in [0.5, 0.6) is 5.75 Å². The number of nitrogens with zero attached hydrogens (tertiary/aromatic N) is 4. The number of benzene rings is 1. The van der Waals surface area contributed by atoms with Crippen LogP contribution in [0.15, 0.2) is 30.3 Å². The first-order chi connectivity index (χ1) is 13.2. The predicted molar refractivity (Wildman–Crippen MR) is 109 cm³/mol. The fourth-order valence-corrected chi connectivity index (χ4v) is 3.95. The lowest BCUT2D eigenvalue weighted by Crippen LogP contribution is -2.42. The molecular weight excluding hydrogens is 378 g/mol. The van der Waals surface area contributed by atoms with Gasteiger partial charge in [0.25, 0.3) is 5.91 Å². The van der Waals surface area contributed by atoms with Gasteiger partial charge in [0.2, 0.25) is 0 Å². The molecule has 3 heterocycles. The van der Waals surface area contributed by atoms with Gasteiger partial charge >= 0.3 is 0 Å². The van der Waals surface area contributed by atoms with Crippen molar-refractivity contribution in [1.82, 2.24) is 25.2 Å². The van der Waals surface area contributed by atoms with Crippen molar-refractivity contribution in [2.75, 3.05) is 26.2 Å². The molecule has 7 nitrogen and oxygen atoms in total. The van der Waals surface area contributed by atoms with Gasteiger partial charge in [-0.2, -0.15) is 0 Å². The first-order valence-corrected chi connectivity index (χ1v) is 9.86. The van der Waals surface area contributed by atoms with Gasteiger partial charge in [0.1, 0.15) is 11.9 Å². The Morgan fingerprint density at radius 2 is 1.79 bits per heavy atom. The molecule has 0 saturated carbocycles. The number of aromatic nitrogens is 3. The average molecular weight is 406 g/mol. The van der Waals surface area contributed by atoms with Crippen LogP contribution in [-0.2, 0) is 0 Å². The minimum atomic E-state index is -0.00848. The highest BCUT2D eigenvalue weighted by Gasteiger charge is 2.29. The molecule has 0 spiro atoms. The third-order valence-electron chi connectivity index (χ3n) is 5.56. The van der Waals surface area contributed by atoms with Crippen molar-refractivity contribution in [2.24, 2.45) is 0 Å². The molecule has 1 aromatic carbocycles. The third kappa shape index (κ3) is 4.47. The molecule has 0 aliphatic carbocycles. The van der Waals surface area contributed by atoms with Crippen LogP contribution in [0.1, 0.15) is 47.9 Å². The van der Waals surface area contributed by atoms with Gasteiger partial charge in [0, 0.05) is 25.9 Å². The summed E-state index contributed by atoms with van der Waals surface area (Å²) in [5.74, 6) is 0.883. The van der Waals surface area contributed by atoms with Crippen LogP contribution in [0.4, 0.5) is 0 Å². The maximum atomic E-state index is 12.9. The van der Waals surface area contributed by atoms with Crippen molar-refractivity contribution in [3.05, 3.63) is 41.7 Å². The van der Waals surface area contributed by atoms with E-state index in [2.05, 4.69) is 15.6 Å². The van der Waals surface area contributed by atoms with Crippen LogP contribution in [-0.4, -0.2) is 58.1 Å². The Labute approximate surface area is 171 Å². The first-order valence-electron chi connectivity index (χ1n) is 9.86. The zero-order valence-corrected chi connectivity index (χ0v) is 17.0. The smallest absolute Gasteiger partial charge is 0.276 e. The SMILES string of the molecule is Cc1c(C(=O)N2CCC(Oc3ccccc3)CC2)nnn1C1CCNCC1.Cl. The van der Waals surface area contributed by atoms with Crippen LogP contribution in [0.2, 0.25) is 0 Å². The van der Waals surface area contributed by atoms with Crippen molar-refractivity contribution in [1.29, 1.82) is 0 Å². The number of piperidine rings is 2. The molecule has 2 fully saturated rings. The Hall–Kier alpha value is -2.12. The van der Waals surface area contributed by atoms with Gasteiger partial charge in [-0.1, -0.05) is 23.4 Å². The van der Waals surface area contributed by atoms with Crippen molar-refractivity contribution < 1.29 is 9.53 Å². The van der Waals surface area contributed by atoms with Crippen molar-refractivity contribution >= 4 is 18.3 Å². The second-order valence-electron chi connectivity index (χ2n) is 7.37. The number of hydrogen-bond acceptors (Lipinski definition) is 5. The zero-order chi connectivity index (χ0) is 18.6. The molecule has 1 aromatic heterocycles. The standard InChI is InChI=1S/C20H27N5O2.ClH/c1-15-19(22-23-25(15)16-7-11-21-12-8-16)20(26)24-13-9-18(10-14-24)27-17-5-3-2-4-6-17;/h2-6,16,18,21H,7-14H2,1H3;1H. The Morgan fingerprint density at radius 3 is 2.46 bits per heavy atom. The summed E-state index contributed by atoms with van der Waals surface area (Å²) in [4.78, 5) is 14.8. The average Bonchev–Trinajstić information content (AvgIpc) is 3.11. The lowest BCUT2D eigenvalue weighted by atomic mass is 10.1. The molecule has 2 aliphatic rings. The molecule has 2 aromatic rings. The van der Waals surface area contributed by atoms with E-state index in [9.17, 15) is 4.79 Å². The fraction of sp³-hybridized carbons (Fsp3) is 0.550. The van der Waals surface area contributed by atoms with Gasteiger partial charge in [0.15, 0.2) is 5.69 Å². The quantitative estimate of drug-likeness (QED) is 0.846. The number of rotatable bonds is 4. The molecule has 4 rings (SSSR count). The lowest BCUT2D eigenvalue weighted by molar-refractivity contribution is 0.0589. The molecule has 0 radical (unpaired) electrons. The topological polar surface area (TPSA) is 72.3 Å². The highest BCUT2D eigenvalue weighted by Crippen LogP contribution is 2.23. The molecule has 0 unspecified atom stereocenters. The summed E-state index contributed by atoms with van der Waals surface area (Å²) in [7, 11) is 0. The molecule has 152 valence electrons. The largest absolute Gasteiger partial charge is 0.490 e. The Kier molecular flexibility index (Phi) is 6.91. The van der Waals surface area contributed by atoms with E-state index in [1.807, 2.05) is 46.8 Å². The van der Waals surface area contributed by atoms with Gasteiger partial charge < -0.3 is 15.0 Å². The maximum Gasteiger partial charge on any atom is 0.276 e. The molecule has 28 heavy (non-hydrogen) atoms. The molecule has 8 heteroatoms. The van der Waals surface area contributed by atoms with Gasteiger partial charge in [-0.05, 0) is 45.0 Å². The molecule has 1 N–H and O–H groups in total. The minimum absolute atomic E-state index is 0. The number of carbonyl (C=O) groups excluding carboxylic acids is 1. The van der Waals surface area contributed by atoms with Crippen molar-refractivity contribution in [3.8, 4) is 5.75 Å². The van der Waals surface area contributed by atoms with Crippen LogP contribution in [0.25, 0.3) is 0 Å². The van der Waals surface area contributed by atoms with E-state index in [1.165, 1.54) is 0 Å². The summed E-state index contributed by atoms with van der Waals surface area (Å²) in [6, 6.07) is 10.2. The second kappa shape index (κ2) is 9.39. The zero-order valence-electron chi connectivity index (χ0n) is 16.2. The monoisotopic (exact) mass is 405 g/mol. The first kappa shape index (κ1) is 20.6. The summed E-state index contributed by atoms with van der Waals surface area (Å²) >= 11 is 0. The number of likely N-dealkylation sites (tertiary alicyclic amines) is 1. The van der Waals surface area contributed by atoms with Crippen LogP contribution < -0.4 is 10.1 Å². The highest BCUT2D eigenvalue weighted by molar-refractivity contribution is 5.93. The van der Waals surface area contributed by atoms with Gasteiger partial charge in [-0.3, -0.25) is 4.79 Å². The number of hydrogen-bond donors (Lipinski definition) is 1. The van der Waals surface area contributed by atoms with Crippen molar-refractivity contribution in [3.63, 3.8) is 0 Å². The normalized spacial score (nSPS) is 18.5. The van der Waals surface area contributed by atoms with Gasteiger partial charge in [-0.15, -0.1) is 17.5 Å². The second-order valence-corrected chi connectivity index (χ2v) is 7.37. The molecular formula is C20H28ClN5O2.